The molecule has 0 radical (unpaired) electrons. The second kappa shape index (κ2) is 4.56. The summed E-state index contributed by atoms with van der Waals surface area (Å²) in [5, 5.41) is 5.13. The second-order valence-electron chi connectivity index (χ2n) is 1.24. The maximum absolute atomic E-state index is 5.13. The van der Waals surface area contributed by atoms with Crippen molar-refractivity contribution >= 4 is 28.4 Å². The van der Waals surface area contributed by atoms with E-state index in [0.717, 1.165) is 17.0 Å². The van der Waals surface area contributed by atoms with E-state index in [2.05, 4.69) is 6.92 Å². The molecule has 7 heavy (non-hydrogen) atoms. The molecule has 0 amide bonds. The lowest BCUT2D eigenvalue weighted by molar-refractivity contribution is 1.01. The predicted octanol–water partition coefficient (Wildman–Crippen LogP) is 1.72. The van der Waals surface area contributed by atoms with Gasteiger partial charge in [0.1, 0.15) is 0 Å². The van der Waals surface area contributed by atoms with Gasteiger partial charge in [0.2, 0.25) is 0 Å². The van der Waals surface area contributed by atoms with Crippen molar-refractivity contribution in [2.45, 2.75) is 19.8 Å². The van der Waals surface area contributed by atoms with Gasteiger partial charge in [0, 0.05) is 0 Å². The Morgan fingerprint density at radius 2 is 2.43 bits per heavy atom. The van der Waals surface area contributed by atoms with Crippen LogP contribution in [-0.4, -0.2) is 4.20 Å². The quantitative estimate of drug-likeness (QED) is 0.461. The van der Waals surface area contributed by atoms with E-state index in [0.29, 0.717) is 0 Å². The number of hydrogen-bond donors (Lipinski definition) is 1. The molecule has 0 aromatic carbocycles. The van der Waals surface area contributed by atoms with Crippen LogP contribution >= 0.6 is 24.2 Å². The molecule has 0 aromatic heterocycles. The van der Waals surface area contributed by atoms with Gasteiger partial charge in [0.05, 0.1) is 4.20 Å². The highest BCUT2D eigenvalue weighted by atomic mass is 32.2. The Bertz CT molecular complexity index is 62.7. The van der Waals surface area contributed by atoms with Gasteiger partial charge in [-0.2, -0.15) is 0 Å². The van der Waals surface area contributed by atoms with Crippen LogP contribution < -0.4 is 5.14 Å². The van der Waals surface area contributed by atoms with Gasteiger partial charge in [-0.15, -0.1) is 0 Å². The molecule has 1 nitrogen and oxygen atoms in total. The third-order valence-electron chi connectivity index (χ3n) is 0.586. The molecule has 42 valence electrons. The van der Waals surface area contributed by atoms with E-state index in [1.165, 1.54) is 11.9 Å². The lowest BCUT2D eigenvalue weighted by atomic mass is 10.4. The van der Waals surface area contributed by atoms with Gasteiger partial charge >= 0.3 is 0 Å². The summed E-state index contributed by atoms with van der Waals surface area (Å²) in [6.45, 7) is 2.09. The maximum atomic E-state index is 5.13. The first-order chi connectivity index (χ1) is 3.31. The molecular formula is C4H9NS2. The largest absolute Gasteiger partial charge is 0.273 e. The van der Waals surface area contributed by atoms with Crippen LogP contribution in [0.25, 0.3) is 0 Å². The number of rotatable bonds is 2. The number of hydrogen-bond acceptors (Lipinski definition) is 3. The minimum atomic E-state index is 0.905. The fourth-order valence-electron chi connectivity index (χ4n) is 0.263. The molecule has 0 rings (SSSR count). The van der Waals surface area contributed by atoms with Crippen molar-refractivity contribution in [2.24, 2.45) is 5.14 Å². The average molecular weight is 135 g/mol. The molecule has 0 atom stereocenters. The molecule has 0 saturated heterocycles. The molecule has 0 unspecified atom stereocenters. The van der Waals surface area contributed by atoms with Crippen LogP contribution in [0.5, 0.6) is 0 Å². The van der Waals surface area contributed by atoms with Gasteiger partial charge < -0.3 is 0 Å². The Hall–Kier alpha value is 0.400. The summed E-state index contributed by atoms with van der Waals surface area (Å²) in [4.78, 5) is 0. The molecule has 3 heteroatoms. The van der Waals surface area contributed by atoms with Crippen molar-refractivity contribution in [1.82, 2.24) is 0 Å². The SMILES string of the molecule is CCCC(=S)SN. The minimum absolute atomic E-state index is 0.905. The predicted molar refractivity (Wildman–Crippen MR) is 39.3 cm³/mol. The summed E-state index contributed by atoms with van der Waals surface area (Å²) in [7, 11) is 0. The molecule has 0 aliphatic rings. The topological polar surface area (TPSA) is 26.0 Å². The molecule has 0 spiro atoms. The highest BCUT2D eigenvalue weighted by Crippen LogP contribution is 2.00. The zero-order valence-corrected chi connectivity index (χ0v) is 5.94. The Labute approximate surface area is 53.8 Å². The maximum Gasteiger partial charge on any atom is 0.0630 e. The van der Waals surface area contributed by atoms with E-state index < -0.39 is 0 Å². The third-order valence-corrected chi connectivity index (χ3v) is 1.55. The molecule has 0 heterocycles. The van der Waals surface area contributed by atoms with Crippen LogP contribution in [-0.2, 0) is 0 Å². The van der Waals surface area contributed by atoms with Crippen LogP contribution in [0.1, 0.15) is 19.8 Å². The highest BCUT2D eigenvalue weighted by molar-refractivity contribution is 8.21. The first-order valence-corrected chi connectivity index (χ1v) is 3.49. The normalized spacial score (nSPS) is 8.86. The zero-order chi connectivity index (χ0) is 5.70. The molecule has 0 aliphatic carbocycles. The number of nitrogens with two attached hydrogens (primary N) is 1. The van der Waals surface area contributed by atoms with Crippen LogP contribution in [0, 0.1) is 0 Å². The van der Waals surface area contributed by atoms with Crippen molar-refractivity contribution < 1.29 is 0 Å². The van der Waals surface area contributed by atoms with Gasteiger partial charge in [0.25, 0.3) is 0 Å². The molecular weight excluding hydrogens is 126 g/mol. The Morgan fingerprint density at radius 1 is 1.86 bits per heavy atom. The van der Waals surface area contributed by atoms with Gasteiger partial charge in [0.15, 0.2) is 0 Å². The summed E-state index contributed by atoms with van der Waals surface area (Å²) >= 11 is 5.97. The molecule has 0 aromatic rings. The van der Waals surface area contributed by atoms with Crippen molar-refractivity contribution in [1.29, 1.82) is 0 Å². The number of thiocarbonyl (C=S) groups is 1. The molecule has 0 bridgehead atoms. The Kier molecular flexibility index (Phi) is 4.82. The summed E-state index contributed by atoms with van der Waals surface area (Å²) in [6, 6.07) is 0. The van der Waals surface area contributed by atoms with Crippen molar-refractivity contribution in [3.63, 3.8) is 0 Å². The van der Waals surface area contributed by atoms with Crippen LogP contribution in [0.3, 0.4) is 0 Å². The van der Waals surface area contributed by atoms with Gasteiger partial charge in [-0.1, -0.05) is 25.6 Å². The van der Waals surface area contributed by atoms with Crippen molar-refractivity contribution in [2.75, 3.05) is 0 Å². The molecule has 0 fully saturated rings. The molecule has 0 saturated carbocycles. The van der Waals surface area contributed by atoms with E-state index >= 15 is 0 Å². The first kappa shape index (κ1) is 7.40. The molecule has 2 N–H and O–H groups in total. The molecule has 0 aliphatic heterocycles. The standard InChI is InChI=1S/C4H9NS2/c1-2-3-4(6)7-5/h2-3,5H2,1H3. The lowest BCUT2D eigenvalue weighted by Gasteiger charge is -1.90. The third kappa shape index (κ3) is 4.25. The monoisotopic (exact) mass is 135 g/mol. The van der Waals surface area contributed by atoms with Crippen molar-refractivity contribution in [3.05, 3.63) is 0 Å². The lowest BCUT2D eigenvalue weighted by Crippen LogP contribution is -1.90. The smallest absolute Gasteiger partial charge is 0.0630 e. The summed E-state index contributed by atoms with van der Waals surface area (Å²) < 4.78 is 0.905. The van der Waals surface area contributed by atoms with Gasteiger partial charge in [-0.3, -0.25) is 5.14 Å². The Balaban J connectivity index is 3.00. The van der Waals surface area contributed by atoms with Crippen LogP contribution in [0.2, 0.25) is 0 Å². The van der Waals surface area contributed by atoms with Gasteiger partial charge in [-0.25, -0.2) is 0 Å². The average Bonchev–Trinajstić information content (AvgIpc) is 1.68. The first-order valence-electron chi connectivity index (χ1n) is 2.20. The van der Waals surface area contributed by atoms with E-state index in [1.54, 1.807) is 0 Å². The van der Waals surface area contributed by atoms with E-state index in [4.69, 9.17) is 17.4 Å². The van der Waals surface area contributed by atoms with E-state index in [9.17, 15) is 0 Å². The van der Waals surface area contributed by atoms with Crippen molar-refractivity contribution in [3.8, 4) is 0 Å². The summed E-state index contributed by atoms with van der Waals surface area (Å²) in [6.07, 6.45) is 2.07. The van der Waals surface area contributed by atoms with E-state index in [1.807, 2.05) is 0 Å². The summed E-state index contributed by atoms with van der Waals surface area (Å²) in [5.74, 6) is 0. The van der Waals surface area contributed by atoms with Crippen LogP contribution in [0.15, 0.2) is 0 Å². The second-order valence-corrected chi connectivity index (χ2v) is 2.72. The fraction of sp³-hybridized carbons (Fsp3) is 0.750. The fourth-order valence-corrected chi connectivity index (χ4v) is 0.789. The van der Waals surface area contributed by atoms with Crippen LogP contribution in [0.4, 0.5) is 0 Å². The van der Waals surface area contributed by atoms with E-state index in [-0.39, 0.29) is 0 Å². The summed E-state index contributed by atoms with van der Waals surface area (Å²) in [5.41, 5.74) is 0. The highest BCUT2D eigenvalue weighted by Gasteiger charge is 1.87. The minimum Gasteiger partial charge on any atom is -0.273 e. The Morgan fingerprint density at radius 3 is 2.57 bits per heavy atom. The van der Waals surface area contributed by atoms with Gasteiger partial charge in [-0.05, 0) is 18.4 Å². The zero-order valence-electron chi connectivity index (χ0n) is 4.31.